The van der Waals surface area contributed by atoms with Gasteiger partial charge in [0.2, 0.25) is 5.78 Å². The van der Waals surface area contributed by atoms with Gasteiger partial charge in [-0.05, 0) is 67.2 Å². The predicted molar refractivity (Wildman–Crippen MR) is 140 cm³/mol. The molecule has 0 unspecified atom stereocenters. The van der Waals surface area contributed by atoms with Gasteiger partial charge in [0.1, 0.15) is 22.8 Å². The Balaban J connectivity index is 1.70. The minimum absolute atomic E-state index is 0.0228. The number of aromatic hydroxyl groups is 1. The Labute approximate surface area is 224 Å². The number of ketones is 2. The van der Waals surface area contributed by atoms with Crippen LogP contribution in [0.2, 0.25) is 0 Å². The topological polar surface area (TPSA) is 171 Å². The van der Waals surface area contributed by atoms with Crippen LogP contribution in [0.4, 0.5) is 0 Å². The van der Waals surface area contributed by atoms with Crippen molar-refractivity contribution in [2.24, 2.45) is 17.6 Å². The van der Waals surface area contributed by atoms with Crippen LogP contribution in [0.15, 0.2) is 59.1 Å². The summed E-state index contributed by atoms with van der Waals surface area (Å²) in [5, 5.41) is 44.7. The second-order valence-corrected chi connectivity index (χ2v) is 10.6. The number of hydrogen-bond acceptors (Lipinski definition) is 9. The van der Waals surface area contributed by atoms with Crippen LogP contribution >= 0.6 is 0 Å². The zero-order valence-electron chi connectivity index (χ0n) is 21.8. The number of rotatable bonds is 5. The van der Waals surface area contributed by atoms with E-state index < -0.39 is 58.0 Å². The molecule has 3 aliphatic carbocycles. The van der Waals surface area contributed by atoms with Gasteiger partial charge in [0.15, 0.2) is 11.4 Å². The van der Waals surface area contributed by atoms with Crippen molar-refractivity contribution in [2.45, 2.75) is 31.1 Å². The van der Waals surface area contributed by atoms with E-state index in [0.29, 0.717) is 12.2 Å². The number of amides is 1. The molecule has 0 aromatic heterocycles. The summed E-state index contributed by atoms with van der Waals surface area (Å²) in [6, 6.07) is 9.67. The Morgan fingerprint density at radius 3 is 2.51 bits per heavy atom. The lowest BCUT2D eigenvalue weighted by atomic mass is 9.58. The molecule has 1 amide bonds. The monoisotopic (exact) mass is 534 g/mol. The number of carbonyl (C=O) groups excluding carboxylic acids is 3. The van der Waals surface area contributed by atoms with Gasteiger partial charge in [0, 0.05) is 18.6 Å². The largest absolute Gasteiger partial charge is 0.510 e. The Morgan fingerprint density at radius 2 is 1.87 bits per heavy atom. The van der Waals surface area contributed by atoms with Crippen LogP contribution in [0.1, 0.15) is 27.9 Å². The van der Waals surface area contributed by atoms with E-state index in [1.54, 1.807) is 27.3 Å². The molecule has 39 heavy (non-hydrogen) atoms. The maximum absolute atomic E-state index is 13.9. The third-order valence-electron chi connectivity index (χ3n) is 8.15. The molecule has 2 aromatic rings. The molecular weight excluding hydrogens is 504 g/mol. The van der Waals surface area contributed by atoms with Gasteiger partial charge in [-0.1, -0.05) is 24.3 Å². The van der Waals surface area contributed by atoms with E-state index in [-0.39, 0.29) is 29.7 Å². The summed E-state index contributed by atoms with van der Waals surface area (Å²) in [5.74, 6) is -6.72. The molecule has 10 nitrogen and oxygen atoms in total. The highest BCUT2D eigenvalue weighted by Gasteiger charge is 2.63. The van der Waals surface area contributed by atoms with Crippen molar-refractivity contribution >= 4 is 17.5 Å². The smallest absolute Gasteiger partial charge is 0.255 e. The van der Waals surface area contributed by atoms with Crippen LogP contribution in [0.25, 0.3) is 11.1 Å². The van der Waals surface area contributed by atoms with Crippen molar-refractivity contribution in [2.75, 3.05) is 21.2 Å². The number of fused-ring (bicyclic) bond motifs is 3. The SMILES string of the molecule is COCc1cccc(-c2ccc(O)c3c2C[C@H]2C[C@H]4[C@H](N(C)C)C(O)=C(C(N)=O)C(=O)[C@@]4(O)C(O)=C2C3=O)c1. The number of likely N-dealkylation sites (N-methyl/N-ethyl adjacent to an activating group) is 1. The lowest BCUT2D eigenvalue weighted by Gasteiger charge is -2.50. The van der Waals surface area contributed by atoms with E-state index in [4.69, 9.17) is 10.5 Å². The summed E-state index contributed by atoms with van der Waals surface area (Å²) in [7, 11) is 4.78. The molecule has 0 spiro atoms. The van der Waals surface area contributed by atoms with Crippen molar-refractivity contribution in [1.29, 1.82) is 0 Å². The lowest BCUT2D eigenvalue weighted by Crippen LogP contribution is -2.63. The summed E-state index contributed by atoms with van der Waals surface area (Å²) >= 11 is 0. The molecule has 0 radical (unpaired) electrons. The number of aliphatic hydroxyl groups is 3. The molecule has 204 valence electrons. The Kier molecular flexibility index (Phi) is 6.37. The molecule has 0 heterocycles. The number of phenols is 1. The minimum Gasteiger partial charge on any atom is -0.510 e. The molecule has 4 atom stereocenters. The van der Waals surface area contributed by atoms with Crippen molar-refractivity contribution < 1.29 is 39.5 Å². The normalized spacial score (nSPS) is 26.4. The van der Waals surface area contributed by atoms with Crippen LogP contribution in [-0.4, -0.2) is 75.6 Å². The first-order chi connectivity index (χ1) is 18.4. The van der Waals surface area contributed by atoms with E-state index in [2.05, 4.69) is 0 Å². The fraction of sp³-hybridized carbons (Fsp3) is 0.345. The Hall–Kier alpha value is -3.99. The van der Waals surface area contributed by atoms with Crippen LogP contribution in [0.3, 0.4) is 0 Å². The fourth-order valence-electron chi connectivity index (χ4n) is 6.52. The van der Waals surface area contributed by atoms with Gasteiger partial charge in [-0.15, -0.1) is 0 Å². The van der Waals surface area contributed by atoms with Crippen LogP contribution < -0.4 is 5.73 Å². The lowest BCUT2D eigenvalue weighted by molar-refractivity contribution is -0.148. The summed E-state index contributed by atoms with van der Waals surface area (Å²) in [6.45, 7) is 0.390. The molecule has 10 heteroatoms. The summed E-state index contributed by atoms with van der Waals surface area (Å²) in [6.07, 6.45) is 0.247. The van der Waals surface area contributed by atoms with E-state index in [1.165, 1.54) is 11.0 Å². The van der Waals surface area contributed by atoms with Gasteiger partial charge in [-0.3, -0.25) is 19.3 Å². The Morgan fingerprint density at radius 1 is 1.15 bits per heavy atom. The van der Waals surface area contributed by atoms with Gasteiger partial charge in [0.05, 0.1) is 18.2 Å². The molecule has 0 saturated heterocycles. The van der Waals surface area contributed by atoms with Crippen LogP contribution in [-0.2, 0) is 27.4 Å². The molecule has 3 aliphatic rings. The van der Waals surface area contributed by atoms with Gasteiger partial charge in [-0.25, -0.2) is 0 Å². The van der Waals surface area contributed by atoms with E-state index >= 15 is 0 Å². The molecule has 0 fully saturated rings. The number of hydrogen-bond donors (Lipinski definition) is 5. The summed E-state index contributed by atoms with van der Waals surface area (Å²) in [5.41, 5.74) is 4.69. The minimum atomic E-state index is -2.66. The van der Waals surface area contributed by atoms with Gasteiger partial charge in [0.25, 0.3) is 5.91 Å². The molecule has 0 bridgehead atoms. The van der Waals surface area contributed by atoms with Gasteiger partial charge < -0.3 is 30.9 Å². The zero-order chi connectivity index (χ0) is 28.4. The number of phenolic OH excluding ortho intramolecular Hbond substituents is 1. The number of benzene rings is 2. The molecule has 5 rings (SSSR count). The number of methoxy groups -OCH3 is 1. The third kappa shape index (κ3) is 3.78. The highest BCUT2D eigenvalue weighted by atomic mass is 16.5. The highest BCUT2D eigenvalue weighted by Crippen LogP contribution is 2.53. The number of nitrogens with zero attached hydrogens (tertiary/aromatic N) is 1. The van der Waals surface area contributed by atoms with E-state index in [1.807, 2.05) is 24.3 Å². The number of aliphatic hydroxyl groups excluding tert-OH is 2. The number of primary amides is 1. The highest BCUT2D eigenvalue weighted by molar-refractivity contribution is 6.24. The van der Waals surface area contributed by atoms with Crippen molar-refractivity contribution in [3.05, 3.63) is 75.8 Å². The maximum atomic E-state index is 13.9. The summed E-state index contributed by atoms with van der Waals surface area (Å²) in [4.78, 5) is 40.9. The molecule has 2 aromatic carbocycles. The van der Waals surface area contributed by atoms with Crippen molar-refractivity contribution in [3.63, 3.8) is 0 Å². The first-order valence-corrected chi connectivity index (χ1v) is 12.5. The van der Waals surface area contributed by atoms with E-state index in [9.17, 15) is 34.8 Å². The second kappa shape index (κ2) is 9.33. The summed E-state index contributed by atoms with van der Waals surface area (Å²) < 4.78 is 5.24. The van der Waals surface area contributed by atoms with Crippen molar-refractivity contribution in [3.8, 4) is 16.9 Å². The van der Waals surface area contributed by atoms with Gasteiger partial charge in [-0.2, -0.15) is 0 Å². The number of carbonyl (C=O) groups is 3. The quantitative estimate of drug-likeness (QED) is 0.360. The number of nitrogens with two attached hydrogens (primary N) is 1. The van der Waals surface area contributed by atoms with Crippen LogP contribution in [0.5, 0.6) is 5.75 Å². The number of Topliss-reactive ketones (excluding diaryl/α,β-unsaturated/α-hetero) is 2. The van der Waals surface area contributed by atoms with Crippen molar-refractivity contribution in [1.82, 2.24) is 4.90 Å². The average Bonchev–Trinajstić information content (AvgIpc) is 2.86. The maximum Gasteiger partial charge on any atom is 0.255 e. The Bertz CT molecular complexity index is 1490. The first-order valence-electron chi connectivity index (χ1n) is 12.5. The van der Waals surface area contributed by atoms with Crippen LogP contribution in [0, 0.1) is 11.8 Å². The zero-order valence-corrected chi connectivity index (χ0v) is 21.8. The second-order valence-electron chi connectivity index (χ2n) is 10.6. The molecule has 0 saturated carbocycles. The third-order valence-corrected chi connectivity index (χ3v) is 8.15. The molecule has 6 N–H and O–H groups in total. The standard InChI is InChI=1S/C29H30N2O8/c1-31(2)23-18-11-15-10-17-16(14-6-4-5-13(9-14)12-39-3)7-8-19(32)21(17)24(33)20(15)26(35)29(18,38)27(36)22(25(23)34)28(30)37/h4-9,15,18,23,32,34-35,38H,10-12H2,1-3H3,(H2,30,37)/t15-,18-,23-,29-/m0/s1. The predicted octanol–water partition coefficient (Wildman–Crippen LogP) is 1.93. The first kappa shape index (κ1) is 26.6. The molecular formula is C29H30N2O8. The fourth-order valence-corrected chi connectivity index (χ4v) is 6.52. The molecule has 0 aliphatic heterocycles. The number of allylic oxidation sites excluding steroid dienone is 1. The van der Waals surface area contributed by atoms with E-state index in [0.717, 1.165) is 16.7 Å². The number of ether oxygens (including phenoxy) is 1. The van der Waals surface area contributed by atoms with Gasteiger partial charge >= 0.3 is 0 Å². The average molecular weight is 535 g/mol.